The summed E-state index contributed by atoms with van der Waals surface area (Å²) in [5.41, 5.74) is 5.89. The summed E-state index contributed by atoms with van der Waals surface area (Å²) in [5, 5.41) is 2.46. The van der Waals surface area contributed by atoms with E-state index in [-0.39, 0.29) is 67.8 Å². The van der Waals surface area contributed by atoms with Gasteiger partial charge in [0, 0.05) is 26.4 Å². The maximum absolute atomic E-state index is 13.9. The van der Waals surface area contributed by atoms with E-state index >= 15 is 0 Å². The van der Waals surface area contributed by atoms with Gasteiger partial charge in [-0.05, 0) is 150 Å². The zero-order chi connectivity index (χ0) is 64.0. The molecule has 3 N–H and O–H groups in total. The third kappa shape index (κ3) is 18.1. The maximum atomic E-state index is 13.9. The van der Waals surface area contributed by atoms with Crippen molar-refractivity contribution in [2.45, 2.75) is 79.9 Å². The van der Waals surface area contributed by atoms with E-state index in [0.717, 1.165) is 11.1 Å². The van der Waals surface area contributed by atoms with Crippen molar-refractivity contribution in [3.8, 4) is 11.5 Å². The van der Waals surface area contributed by atoms with Gasteiger partial charge in [-0.25, -0.2) is 35.2 Å². The molecule has 88 heavy (non-hydrogen) atoms. The molecular formula is C64H76F2N6O14S2. The van der Waals surface area contributed by atoms with Crippen LogP contribution in [0, 0.1) is 17.0 Å². The molecule has 2 fully saturated rings. The van der Waals surface area contributed by atoms with Crippen LogP contribution in [0.5, 0.6) is 11.5 Å². The smallest absolute Gasteiger partial charge is 0.410 e. The Morgan fingerprint density at radius 2 is 0.989 bits per heavy atom. The molecular weight excluding hydrogens is 1180 g/mol. The van der Waals surface area contributed by atoms with Gasteiger partial charge in [0.1, 0.15) is 48.4 Å². The van der Waals surface area contributed by atoms with Crippen LogP contribution in [-0.4, -0.2) is 158 Å². The van der Waals surface area contributed by atoms with Crippen molar-refractivity contribution in [1.82, 2.24) is 23.7 Å². The van der Waals surface area contributed by atoms with Gasteiger partial charge in [-0.2, -0.15) is 8.61 Å². The minimum atomic E-state index is -4.03. The predicted molar refractivity (Wildman–Crippen MR) is 324 cm³/mol. The Bertz CT molecular complexity index is 3550. The molecule has 0 spiro atoms. The minimum absolute atomic E-state index is 0.00680. The van der Waals surface area contributed by atoms with Gasteiger partial charge in [-0.3, -0.25) is 9.59 Å². The summed E-state index contributed by atoms with van der Waals surface area (Å²) in [6.45, 7) is 7.77. The topological polar surface area (TPSA) is 243 Å². The van der Waals surface area contributed by atoms with Crippen LogP contribution in [-0.2, 0) is 77.4 Å². The molecule has 3 atom stereocenters. The molecule has 6 aromatic carbocycles. The highest BCUT2D eigenvalue weighted by atomic mass is 32.2. The summed E-state index contributed by atoms with van der Waals surface area (Å²) in [5.74, 6) is -1.84. The van der Waals surface area contributed by atoms with Crippen LogP contribution in [0.1, 0.15) is 49.9 Å². The number of amides is 1. The quantitative estimate of drug-likeness (QED) is 0.0325. The fourth-order valence-electron chi connectivity index (χ4n) is 9.21. The Morgan fingerprint density at radius 3 is 1.40 bits per heavy atom. The Hall–Kier alpha value is -7.84. The molecule has 20 nitrogen and oxygen atoms in total. The monoisotopic (exact) mass is 1250 g/mol. The Morgan fingerprint density at radius 1 is 0.580 bits per heavy atom. The lowest BCUT2D eigenvalue weighted by molar-refractivity contribution is -0.174. The maximum Gasteiger partial charge on any atom is 0.410 e. The normalized spacial score (nSPS) is 15.8. The Labute approximate surface area is 513 Å². The van der Waals surface area contributed by atoms with E-state index in [2.05, 4.69) is 5.32 Å². The second kappa shape index (κ2) is 29.4. The molecule has 2 saturated heterocycles. The highest BCUT2D eigenvalue weighted by Gasteiger charge is 2.53. The number of rotatable bonds is 25. The van der Waals surface area contributed by atoms with Gasteiger partial charge in [-0.15, -0.1) is 0 Å². The van der Waals surface area contributed by atoms with Crippen LogP contribution in [0.25, 0.3) is 0 Å². The number of carbonyl (C=O) groups excluding carboxylic acids is 4. The molecule has 2 aliphatic heterocycles. The molecule has 1 amide bonds. The van der Waals surface area contributed by atoms with Gasteiger partial charge >= 0.3 is 24.0 Å². The second-order valence-corrected chi connectivity index (χ2v) is 26.8. The van der Waals surface area contributed by atoms with Crippen molar-refractivity contribution in [3.05, 3.63) is 192 Å². The molecule has 2 aliphatic rings. The molecule has 472 valence electrons. The number of carbonyl (C=O) groups is 4. The Balaban J connectivity index is 0.000000260. The standard InChI is InChI=1S/C36H44FN3O9S.C28H32FN3O5S/c1-25(47-33(42)35(2,3)4)48-34(43)38-31(32(41)46-20-19-39(5)6)22-26-11-10-14-30(21-26)50(44,45)40-23-36(24-40,27-12-8-7-9-13-27)49-29-17-15-28(37)16-18-29;1-31(2)15-16-36-27(33)26(30)18-21-7-6-10-25(17-21)38(34,35)32-19-28(20-32,22-8-4-3-5-9-22)37-24-13-11-23(29)12-14-24/h7-18,21,25,31H,19-20,22-24H2,1-6H3,(H,38,43);3-14,17,26H,15-16,18-20,30H2,1-2H3/t25?,31-;26-/m00/s1. The third-order valence-corrected chi connectivity index (χ3v) is 17.7. The number of esters is 3. The van der Waals surface area contributed by atoms with Crippen LogP contribution >= 0.6 is 0 Å². The number of hydrogen-bond donors (Lipinski definition) is 2. The summed E-state index contributed by atoms with van der Waals surface area (Å²) < 4.78 is 118. The number of alkyl carbamates (subject to hydrolysis) is 1. The molecule has 0 aliphatic carbocycles. The van der Waals surface area contributed by atoms with Crippen LogP contribution in [0.4, 0.5) is 13.6 Å². The van der Waals surface area contributed by atoms with Crippen molar-refractivity contribution >= 4 is 44.0 Å². The van der Waals surface area contributed by atoms with Crippen molar-refractivity contribution in [3.63, 3.8) is 0 Å². The molecule has 2 heterocycles. The number of likely N-dealkylation sites (N-methyl/N-ethyl adjacent to an activating group) is 2. The molecule has 6 aromatic rings. The van der Waals surface area contributed by atoms with E-state index in [1.807, 2.05) is 98.7 Å². The van der Waals surface area contributed by atoms with Crippen LogP contribution in [0.3, 0.4) is 0 Å². The highest BCUT2D eigenvalue weighted by molar-refractivity contribution is 7.89. The summed E-state index contributed by atoms with van der Waals surface area (Å²) in [6.07, 6.45) is -2.26. The zero-order valence-corrected chi connectivity index (χ0v) is 52.1. The number of hydrogen-bond acceptors (Lipinski definition) is 17. The van der Waals surface area contributed by atoms with Gasteiger partial charge in [0.15, 0.2) is 11.2 Å². The lowest BCUT2D eigenvalue weighted by Crippen LogP contribution is -2.64. The average Bonchev–Trinajstić information content (AvgIpc) is 0.754. The zero-order valence-electron chi connectivity index (χ0n) is 50.5. The molecule has 0 saturated carbocycles. The van der Waals surface area contributed by atoms with E-state index in [0.29, 0.717) is 35.7 Å². The molecule has 0 radical (unpaired) electrons. The van der Waals surface area contributed by atoms with Gasteiger partial charge < -0.3 is 49.3 Å². The lowest BCUT2D eigenvalue weighted by atomic mass is 9.87. The summed E-state index contributed by atoms with van der Waals surface area (Å²) in [6, 6.07) is 40.0. The first-order valence-corrected chi connectivity index (χ1v) is 31.2. The first-order chi connectivity index (χ1) is 41.6. The number of sulfonamides is 2. The third-order valence-electron chi connectivity index (χ3n) is 14.2. The molecule has 8 rings (SSSR count). The first-order valence-electron chi connectivity index (χ1n) is 28.3. The fraction of sp³-hybridized carbons (Fsp3) is 0.375. The lowest BCUT2D eigenvalue weighted by Gasteiger charge is -2.48. The van der Waals surface area contributed by atoms with Gasteiger partial charge in [0.2, 0.25) is 26.3 Å². The van der Waals surface area contributed by atoms with Gasteiger partial charge in [0.25, 0.3) is 0 Å². The molecule has 0 bridgehead atoms. The van der Waals surface area contributed by atoms with Crippen LogP contribution < -0.4 is 20.5 Å². The minimum Gasteiger partial charge on any atom is -0.480 e. The van der Waals surface area contributed by atoms with Crippen molar-refractivity contribution in [2.24, 2.45) is 11.1 Å². The molecule has 1 unspecified atom stereocenters. The van der Waals surface area contributed by atoms with E-state index in [9.17, 15) is 44.8 Å². The molecule has 0 aromatic heterocycles. The van der Waals surface area contributed by atoms with Crippen molar-refractivity contribution < 1.29 is 73.2 Å². The SMILES string of the molecule is CC(OC(=O)N[C@@H](Cc1cccc(S(=O)(=O)N2CC(Oc3ccc(F)cc3)(c3ccccc3)C2)c1)C(=O)OCCN(C)C)OC(=O)C(C)(C)C.CN(C)CCOC(=O)[C@@H](N)Cc1cccc(S(=O)(=O)N2CC(Oc3ccc(F)cc3)(c3ccccc3)C2)c1. The van der Waals surface area contributed by atoms with E-state index in [4.69, 9.17) is 34.2 Å². The number of benzene rings is 6. The number of nitrogens with zero attached hydrogens (tertiary/aromatic N) is 4. The van der Waals surface area contributed by atoms with E-state index < -0.39 is 84.9 Å². The van der Waals surface area contributed by atoms with Crippen LogP contribution in [0.2, 0.25) is 0 Å². The number of ether oxygens (including phenoxy) is 6. The summed E-state index contributed by atoms with van der Waals surface area (Å²) >= 11 is 0. The molecule has 24 heteroatoms. The van der Waals surface area contributed by atoms with Crippen molar-refractivity contribution in [1.29, 1.82) is 0 Å². The fourth-order valence-corrected chi connectivity index (χ4v) is 12.4. The predicted octanol–water partition coefficient (Wildman–Crippen LogP) is 7.26. The average molecular weight is 1260 g/mol. The number of nitrogens with one attached hydrogen (secondary N) is 1. The van der Waals surface area contributed by atoms with Crippen LogP contribution in [0.15, 0.2) is 168 Å². The van der Waals surface area contributed by atoms with Gasteiger partial charge in [0.05, 0.1) is 41.4 Å². The van der Waals surface area contributed by atoms with E-state index in [1.165, 1.54) is 88.3 Å². The van der Waals surface area contributed by atoms with Gasteiger partial charge in [-0.1, -0.05) is 84.9 Å². The summed E-state index contributed by atoms with van der Waals surface area (Å²) in [4.78, 5) is 54.1. The second-order valence-electron chi connectivity index (χ2n) is 23.0. The first kappa shape index (κ1) is 67.7. The largest absolute Gasteiger partial charge is 0.480 e. The summed E-state index contributed by atoms with van der Waals surface area (Å²) in [7, 11) is -0.523. The Kier molecular flexibility index (Phi) is 22.6. The van der Waals surface area contributed by atoms with E-state index in [1.54, 1.807) is 45.0 Å². The number of halogens is 2. The number of nitrogens with two attached hydrogens (primary N) is 1. The van der Waals surface area contributed by atoms with Crippen molar-refractivity contribution in [2.75, 3.05) is 80.7 Å². The highest BCUT2D eigenvalue weighted by Crippen LogP contribution is 2.42.